The van der Waals surface area contributed by atoms with Crippen molar-refractivity contribution in [3.05, 3.63) is 38.9 Å². The van der Waals surface area contributed by atoms with Crippen molar-refractivity contribution in [1.82, 2.24) is 10.2 Å². The van der Waals surface area contributed by atoms with Crippen LogP contribution in [0.15, 0.2) is 33.2 Å². The predicted molar refractivity (Wildman–Crippen MR) is 70.8 cm³/mol. The molecule has 0 saturated carbocycles. The molecule has 88 valence electrons. The smallest absolute Gasteiger partial charge is 0.356 e. The van der Waals surface area contributed by atoms with Gasteiger partial charge in [0.2, 0.25) is 0 Å². The zero-order chi connectivity index (χ0) is 12.4. The third-order valence-corrected chi connectivity index (χ3v) is 3.06. The predicted octanol–water partition coefficient (Wildman–Crippen LogP) is 3.39. The number of halogens is 2. The zero-order valence-electron chi connectivity index (χ0n) is 8.83. The van der Waals surface area contributed by atoms with Gasteiger partial charge >= 0.3 is 5.97 Å². The second-order valence-electron chi connectivity index (χ2n) is 3.32. The summed E-state index contributed by atoms with van der Waals surface area (Å²) in [6.45, 7) is 0. The van der Waals surface area contributed by atoms with Crippen LogP contribution in [-0.2, 0) is 4.74 Å². The molecule has 0 saturated heterocycles. The Labute approximate surface area is 115 Å². The number of rotatable bonds is 2. The van der Waals surface area contributed by atoms with Crippen molar-refractivity contribution in [2.45, 2.75) is 0 Å². The molecule has 0 aliphatic heterocycles. The third kappa shape index (κ3) is 2.76. The number of aromatic amines is 1. The summed E-state index contributed by atoms with van der Waals surface area (Å²) in [5, 5.41) is 6.71. The molecule has 0 aliphatic carbocycles. The lowest BCUT2D eigenvalue weighted by Crippen LogP contribution is -2.00. The van der Waals surface area contributed by atoms with Crippen LogP contribution in [0, 0.1) is 0 Å². The molecule has 0 atom stereocenters. The molecule has 2 rings (SSSR count). The normalized spacial score (nSPS) is 10.3. The number of carbonyl (C=O) groups excluding carboxylic acids is 1. The second-order valence-corrected chi connectivity index (χ2v) is 5.15. The Balaban J connectivity index is 2.40. The zero-order valence-corrected chi connectivity index (χ0v) is 12.0. The van der Waals surface area contributed by atoms with Crippen LogP contribution in [0.1, 0.15) is 10.5 Å². The van der Waals surface area contributed by atoms with Crippen LogP contribution in [-0.4, -0.2) is 23.3 Å². The van der Waals surface area contributed by atoms with E-state index < -0.39 is 5.97 Å². The molecule has 0 fully saturated rings. The number of esters is 1. The molecule has 4 nitrogen and oxygen atoms in total. The minimum Gasteiger partial charge on any atom is -0.464 e. The van der Waals surface area contributed by atoms with Crippen molar-refractivity contribution < 1.29 is 9.53 Å². The van der Waals surface area contributed by atoms with Gasteiger partial charge in [-0.1, -0.05) is 31.9 Å². The Morgan fingerprint density at radius 1 is 1.24 bits per heavy atom. The monoisotopic (exact) mass is 358 g/mol. The summed E-state index contributed by atoms with van der Waals surface area (Å²) in [4.78, 5) is 11.3. The number of hydrogen-bond donors (Lipinski definition) is 1. The lowest BCUT2D eigenvalue weighted by molar-refractivity contribution is 0.0594. The summed E-state index contributed by atoms with van der Waals surface area (Å²) in [7, 11) is 1.33. The number of methoxy groups -OCH3 is 1. The van der Waals surface area contributed by atoms with Gasteiger partial charge in [-0.15, -0.1) is 0 Å². The number of nitrogens with one attached hydrogen (secondary N) is 1. The molecule has 1 heterocycles. The summed E-state index contributed by atoms with van der Waals surface area (Å²) < 4.78 is 6.47. The molecule has 0 unspecified atom stereocenters. The van der Waals surface area contributed by atoms with E-state index in [9.17, 15) is 4.79 Å². The minimum atomic E-state index is -0.433. The Kier molecular flexibility index (Phi) is 3.63. The van der Waals surface area contributed by atoms with Crippen LogP contribution in [0.4, 0.5) is 0 Å². The van der Waals surface area contributed by atoms with Crippen LogP contribution >= 0.6 is 31.9 Å². The first-order valence-electron chi connectivity index (χ1n) is 4.70. The fraction of sp³-hybridized carbons (Fsp3) is 0.0909. The summed E-state index contributed by atoms with van der Waals surface area (Å²) in [6.07, 6.45) is 0. The Morgan fingerprint density at radius 3 is 2.47 bits per heavy atom. The minimum absolute atomic E-state index is 0.332. The maximum absolute atomic E-state index is 11.3. The van der Waals surface area contributed by atoms with E-state index in [0.29, 0.717) is 11.4 Å². The van der Waals surface area contributed by atoms with Gasteiger partial charge in [-0.3, -0.25) is 5.10 Å². The highest BCUT2D eigenvalue weighted by molar-refractivity contribution is 9.11. The van der Waals surface area contributed by atoms with E-state index in [1.165, 1.54) is 7.11 Å². The number of hydrogen-bond acceptors (Lipinski definition) is 3. The van der Waals surface area contributed by atoms with Crippen LogP contribution < -0.4 is 0 Å². The van der Waals surface area contributed by atoms with Gasteiger partial charge in [0.25, 0.3) is 0 Å². The number of carbonyl (C=O) groups is 1. The molecule has 17 heavy (non-hydrogen) atoms. The van der Waals surface area contributed by atoms with E-state index in [4.69, 9.17) is 0 Å². The van der Waals surface area contributed by atoms with Crippen LogP contribution in [0.25, 0.3) is 11.3 Å². The fourth-order valence-electron chi connectivity index (χ4n) is 1.39. The van der Waals surface area contributed by atoms with Crippen LogP contribution in [0.3, 0.4) is 0 Å². The lowest BCUT2D eigenvalue weighted by Gasteiger charge is -1.99. The fourth-order valence-corrected chi connectivity index (χ4v) is 2.68. The summed E-state index contributed by atoms with van der Waals surface area (Å²) >= 11 is 6.80. The number of nitrogens with zero attached hydrogens (tertiary/aromatic N) is 1. The van der Waals surface area contributed by atoms with Gasteiger partial charge in [0.1, 0.15) is 5.69 Å². The highest BCUT2D eigenvalue weighted by Gasteiger charge is 2.11. The Bertz CT molecular complexity index is 546. The van der Waals surface area contributed by atoms with Crippen molar-refractivity contribution in [2.75, 3.05) is 7.11 Å². The molecule has 1 aromatic carbocycles. The Morgan fingerprint density at radius 2 is 1.88 bits per heavy atom. The molecule has 0 spiro atoms. The van der Waals surface area contributed by atoms with Gasteiger partial charge in [-0.25, -0.2) is 4.79 Å². The van der Waals surface area contributed by atoms with Gasteiger partial charge in [0, 0.05) is 14.5 Å². The van der Waals surface area contributed by atoms with E-state index in [0.717, 1.165) is 14.5 Å². The lowest BCUT2D eigenvalue weighted by atomic mass is 10.1. The van der Waals surface area contributed by atoms with E-state index in [2.05, 4.69) is 46.8 Å². The number of aromatic nitrogens is 2. The van der Waals surface area contributed by atoms with E-state index in [1.54, 1.807) is 6.07 Å². The molecule has 0 aliphatic rings. The van der Waals surface area contributed by atoms with E-state index in [1.807, 2.05) is 18.2 Å². The molecule has 1 aromatic heterocycles. The maximum atomic E-state index is 11.3. The van der Waals surface area contributed by atoms with Crippen molar-refractivity contribution in [3.8, 4) is 11.3 Å². The van der Waals surface area contributed by atoms with E-state index in [-0.39, 0.29) is 0 Å². The van der Waals surface area contributed by atoms with Crippen molar-refractivity contribution in [2.24, 2.45) is 0 Å². The van der Waals surface area contributed by atoms with E-state index >= 15 is 0 Å². The summed E-state index contributed by atoms with van der Waals surface area (Å²) in [6, 6.07) is 7.42. The standard InChI is InChI=1S/C11H8Br2N2O2/c1-17-11(16)10-5-9(14-15-10)6-2-7(12)4-8(13)3-6/h2-5H,1H3,(H,14,15). The van der Waals surface area contributed by atoms with Crippen molar-refractivity contribution in [3.63, 3.8) is 0 Å². The largest absolute Gasteiger partial charge is 0.464 e. The molecule has 1 N–H and O–H groups in total. The van der Waals surface area contributed by atoms with Gasteiger partial charge in [-0.05, 0) is 24.3 Å². The SMILES string of the molecule is COC(=O)c1cc(-c2cc(Br)cc(Br)c2)n[nH]1. The van der Waals surface area contributed by atoms with Gasteiger partial charge in [0.05, 0.1) is 12.8 Å². The quantitative estimate of drug-likeness (QED) is 0.836. The molecule has 0 bridgehead atoms. The molecular weight excluding hydrogens is 352 g/mol. The molecule has 0 radical (unpaired) electrons. The van der Waals surface area contributed by atoms with Crippen molar-refractivity contribution in [1.29, 1.82) is 0 Å². The number of benzene rings is 1. The van der Waals surface area contributed by atoms with Gasteiger partial charge < -0.3 is 4.74 Å². The molecule has 6 heteroatoms. The van der Waals surface area contributed by atoms with Crippen LogP contribution in [0.2, 0.25) is 0 Å². The summed E-state index contributed by atoms with van der Waals surface area (Å²) in [5.74, 6) is -0.433. The van der Waals surface area contributed by atoms with Gasteiger partial charge in [-0.2, -0.15) is 5.10 Å². The molecule has 0 amide bonds. The maximum Gasteiger partial charge on any atom is 0.356 e. The number of H-pyrrole nitrogens is 1. The third-order valence-electron chi connectivity index (χ3n) is 2.14. The summed E-state index contributed by atoms with van der Waals surface area (Å²) in [5.41, 5.74) is 1.92. The average molecular weight is 360 g/mol. The number of ether oxygens (including phenoxy) is 1. The van der Waals surface area contributed by atoms with Gasteiger partial charge in [0.15, 0.2) is 0 Å². The molecular formula is C11H8Br2N2O2. The average Bonchev–Trinajstić information content (AvgIpc) is 2.76. The van der Waals surface area contributed by atoms with Crippen LogP contribution in [0.5, 0.6) is 0 Å². The first-order valence-corrected chi connectivity index (χ1v) is 6.29. The topological polar surface area (TPSA) is 55.0 Å². The molecule has 2 aromatic rings. The first-order chi connectivity index (χ1) is 8.10. The highest BCUT2D eigenvalue weighted by Crippen LogP contribution is 2.26. The second kappa shape index (κ2) is 5.01. The highest BCUT2D eigenvalue weighted by atomic mass is 79.9. The first kappa shape index (κ1) is 12.3. The Hall–Kier alpha value is -1.14. The van der Waals surface area contributed by atoms with Crippen molar-refractivity contribution >= 4 is 37.8 Å².